The van der Waals surface area contributed by atoms with Gasteiger partial charge in [-0.05, 0) is 52.2 Å². The van der Waals surface area contributed by atoms with Crippen LogP contribution in [0.25, 0.3) is 0 Å². The van der Waals surface area contributed by atoms with Crippen molar-refractivity contribution in [1.29, 1.82) is 0 Å². The number of amides is 2. The number of carbonyl (C=O) groups is 2. The number of aromatic nitrogens is 1. The van der Waals surface area contributed by atoms with E-state index in [0.717, 1.165) is 31.6 Å². The first kappa shape index (κ1) is 17.7. The summed E-state index contributed by atoms with van der Waals surface area (Å²) < 4.78 is 0. The lowest BCUT2D eigenvalue weighted by atomic mass is 10.1. The highest BCUT2D eigenvalue weighted by Crippen LogP contribution is 2.22. The molecule has 0 radical (unpaired) electrons. The molecule has 1 aromatic rings. The van der Waals surface area contributed by atoms with Crippen molar-refractivity contribution in [2.45, 2.75) is 58.0 Å². The lowest BCUT2D eigenvalue weighted by Crippen LogP contribution is -2.45. The Morgan fingerprint density at radius 3 is 2.68 bits per heavy atom. The van der Waals surface area contributed by atoms with Crippen LogP contribution in [0.5, 0.6) is 0 Å². The molecule has 3 heterocycles. The minimum atomic E-state index is -0.0678. The van der Waals surface area contributed by atoms with E-state index in [2.05, 4.69) is 31.1 Å². The molecule has 2 aliphatic heterocycles. The monoisotopic (exact) mass is 344 g/mol. The molecule has 2 fully saturated rings. The van der Waals surface area contributed by atoms with E-state index in [1.54, 1.807) is 6.20 Å². The molecular weight excluding hydrogens is 316 g/mol. The molecule has 0 bridgehead atoms. The molecule has 1 unspecified atom stereocenters. The molecule has 0 aromatic carbocycles. The van der Waals surface area contributed by atoms with Crippen molar-refractivity contribution in [2.75, 3.05) is 25.0 Å². The highest BCUT2D eigenvalue weighted by molar-refractivity contribution is 5.94. The van der Waals surface area contributed by atoms with Gasteiger partial charge in [0.15, 0.2) is 0 Å². The number of likely N-dealkylation sites (tertiary alicyclic amines) is 2. The quantitative estimate of drug-likeness (QED) is 0.915. The van der Waals surface area contributed by atoms with Gasteiger partial charge in [0.2, 0.25) is 5.91 Å². The maximum atomic E-state index is 12.7. The molecule has 136 valence electrons. The van der Waals surface area contributed by atoms with E-state index in [0.29, 0.717) is 25.1 Å². The first-order valence-electron chi connectivity index (χ1n) is 9.16. The number of hydrogen-bond acceptors (Lipinski definition) is 4. The van der Waals surface area contributed by atoms with E-state index in [-0.39, 0.29) is 23.4 Å². The lowest BCUT2D eigenvalue weighted by Gasteiger charge is -2.32. The van der Waals surface area contributed by atoms with Crippen LogP contribution in [0.1, 0.15) is 56.8 Å². The molecule has 2 amide bonds. The smallest absolute Gasteiger partial charge is 0.255 e. The van der Waals surface area contributed by atoms with Crippen molar-refractivity contribution in [3.63, 3.8) is 0 Å². The molecule has 3 rings (SSSR count). The summed E-state index contributed by atoms with van der Waals surface area (Å²) in [5.74, 6) is 1.01. The third kappa shape index (κ3) is 4.30. The fourth-order valence-corrected chi connectivity index (χ4v) is 3.55. The van der Waals surface area contributed by atoms with Crippen LogP contribution in [0.3, 0.4) is 0 Å². The summed E-state index contributed by atoms with van der Waals surface area (Å²) in [6.45, 7) is 8.38. The van der Waals surface area contributed by atoms with E-state index in [9.17, 15) is 9.59 Å². The largest absolute Gasteiger partial charge is 0.365 e. The number of carbonyl (C=O) groups excluding carboxylic acids is 2. The summed E-state index contributed by atoms with van der Waals surface area (Å²) in [5, 5.41) is 3.29. The minimum Gasteiger partial charge on any atom is -0.365 e. The van der Waals surface area contributed by atoms with Gasteiger partial charge in [-0.2, -0.15) is 0 Å². The van der Waals surface area contributed by atoms with Gasteiger partial charge in [0.25, 0.3) is 5.91 Å². The standard InChI is InChI=1S/C19H28N4O2/c1-19(2,3)21-16-8-7-14(12-20-16)18(25)22-11-9-15(13-22)23-10-5-4-6-17(23)24/h7-8,12,15H,4-6,9-11,13H2,1-3H3,(H,20,21). The van der Waals surface area contributed by atoms with Gasteiger partial charge in [-0.15, -0.1) is 0 Å². The zero-order valence-electron chi connectivity index (χ0n) is 15.4. The third-order valence-corrected chi connectivity index (χ3v) is 4.76. The predicted octanol–water partition coefficient (Wildman–Crippen LogP) is 2.52. The summed E-state index contributed by atoms with van der Waals surface area (Å²) in [5.41, 5.74) is 0.534. The molecule has 0 spiro atoms. The van der Waals surface area contributed by atoms with Crippen LogP contribution in [0.2, 0.25) is 0 Å². The normalized spacial score (nSPS) is 21.6. The second-order valence-electron chi connectivity index (χ2n) is 8.05. The molecule has 0 saturated carbocycles. The van der Waals surface area contributed by atoms with Gasteiger partial charge < -0.3 is 15.1 Å². The Morgan fingerprint density at radius 1 is 1.24 bits per heavy atom. The van der Waals surface area contributed by atoms with Crippen molar-refractivity contribution in [1.82, 2.24) is 14.8 Å². The van der Waals surface area contributed by atoms with Crippen LogP contribution < -0.4 is 5.32 Å². The molecule has 2 aliphatic rings. The molecular formula is C19H28N4O2. The molecule has 1 aromatic heterocycles. The Balaban J connectivity index is 1.61. The van der Waals surface area contributed by atoms with Crippen molar-refractivity contribution >= 4 is 17.6 Å². The van der Waals surface area contributed by atoms with Gasteiger partial charge in [0.05, 0.1) is 11.6 Å². The first-order chi connectivity index (χ1) is 11.8. The van der Waals surface area contributed by atoms with Crippen LogP contribution >= 0.6 is 0 Å². The summed E-state index contributed by atoms with van der Waals surface area (Å²) >= 11 is 0. The third-order valence-electron chi connectivity index (χ3n) is 4.76. The number of piperidine rings is 1. The van der Waals surface area contributed by atoms with E-state index in [4.69, 9.17) is 0 Å². The molecule has 2 saturated heterocycles. The summed E-state index contributed by atoms with van der Waals surface area (Å²) in [4.78, 5) is 33.0. The molecule has 6 heteroatoms. The second kappa shape index (κ2) is 7.02. The average Bonchev–Trinajstić information content (AvgIpc) is 3.03. The van der Waals surface area contributed by atoms with E-state index in [1.165, 1.54) is 0 Å². The lowest BCUT2D eigenvalue weighted by molar-refractivity contribution is -0.135. The van der Waals surface area contributed by atoms with Crippen LogP contribution in [0, 0.1) is 0 Å². The molecule has 0 aliphatic carbocycles. The Bertz CT molecular complexity index is 636. The van der Waals surface area contributed by atoms with E-state index >= 15 is 0 Å². The van der Waals surface area contributed by atoms with Gasteiger partial charge in [0, 0.05) is 37.8 Å². The molecule has 1 atom stereocenters. The van der Waals surface area contributed by atoms with Crippen LogP contribution in [0.15, 0.2) is 18.3 Å². The van der Waals surface area contributed by atoms with Crippen LogP contribution in [-0.2, 0) is 4.79 Å². The van der Waals surface area contributed by atoms with Crippen molar-refractivity contribution in [3.8, 4) is 0 Å². The Morgan fingerprint density at radius 2 is 2.04 bits per heavy atom. The molecule has 6 nitrogen and oxygen atoms in total. The van der Waals surface area contributed by atoms with Gasteiger partial charge in [-0.25, -0.2) is 4.98 Å². The first-order valence-corrected chi connectivity index (χ1v) is 9.16. The summed E-state index contributed by atoms with van der Waals surface area (Å²) in [7, 11) is 0. The minimum absolute atomic E-state index is 0.00164. The average molecular weight is 344 g/mol. The van der Waals surface area contributed by atoms with E-state index < -0.39 is 0 Å². The van der Waals surface area contributed by atoms with Crippen LogP contribution in [-0.4, -0.2) is 57.8 Å². The summed E-state index contributed by atoms with van der Waals surface area (Å²) in [6, 6.07) is 3.84. The Labute approximate surface area is 149 Å². The van der Waals surface area contributed by atoms with Crippen molar-refractivity contribution < 1.29 is 9.59 Å². The number of hydrogen-bond donors (Lipinski definition) is 1. The maximum absolute atomic E-state index is 12.7. The zero-order chi connectivity index (χ0) is 18.0. The topological polar surface area (TPSA) is 65.5 Å². The SMILES string of the molecule is CC(C)(C)Nc1ccc(C(=O)N2CCC(N3CCCCC3=O)C2)cn1. The molecule has 25 heavy (non-hydrogen) atoms. The second-order valence-corrected chi connectivity index (χ2v) is 8.05. The van der Waals surface area contributed by atoms with Gasteiger partial charge in [-0.3, -0.25) is 9.59 Å². The number of nitrogens with one attached hydrogen (secondary N) is 1. The molecule has 1 N–H and O–H groups in total. The van der Waals surface area contributed by atoms with Gasteiger partial charge >= 0.3 is 0 Å². The highest BCUT2D eigenvalue weighted by atomic mass is 16.2. The van der Waals surface area contributed by atoms with Gasteiger partial charge in [-0.1, -0.05) is 0 Å². The summed E-state index contributed by atoms with van der Waals surface area (Å²) in [6.07, 6.45) is 5.22. The zero-order valence-corrected chi connectivity index (χ0v) is 15.4. The van der Waals surface area contributed by atoms with Gasteiger partial charge in [0.1, 0.15) is 5.82 Å². The number of anilines is 1. The number of rotatable bonds is 3. The Hall–Kier alpha value is -2.11. The van der Waals surface area contributed by atoms with Crippen molar-refractivity contribution in [3.05, 3.63) is 23.9 Å². The number of nitrogens with zero attached hydrogens (tertiary/aromatic N) is 3. The fraction of sp³-hybridized carbons (Fsp3) is 0.632. The number of pyridine rings is 1. The highest BCUT2D eigenvalue weighted by Gasteiger charge is 2.34. The maximum Gasteiger partial charge on any atom is 0.255 e. The predicted molar refractivity (Wildman–Crippen MR) is 97.5 cm³/mol. The van der Waals surface area contributed by atoms with E-state index in [1.807, 2.05) is 21.9 Å². The Kier molecular flexibility index (Phi) is 4.97. The fourth-order valence-electron chi connectivity index (χ4n) is 3.55. The van der Waals surface area contributed by atoms with Crippen LogP contribution in [0.4, 0.5) is 5.82 Å². The van der Waals surface area contributed by atoms with Crippen molar-refractivity contribution in [2.24, 2.45) is 0 Å².